The van der Waals surface area contributed by atoms with Crippen molar-refractivity contribution in [2.45, 2.75) is 19.8 Å². The summed E-state index contributed by atoms with van der Waals surface area (Å²) in [6.07, 6.45) is 3.67. The van der Waals surface area contributed by atoms with Gasteiger partial charge in [0.05, 0.1) is 7.11 Å². The van der Waals surface area contributed by atoms with Crippen LogP contribution in [0.2, 0.25) is 0 Å². The van der Waals surface area contributed by atoms with Crippen molar-refractivity contribution in [1.29, 1.82) is 0 Å². The average molecular weight is 270 g/mol. The zero-order valence-electron chi connectivity index (χ0n) is 12.1. The first kappa shape index (κ1) is 14.3. The van der Waals surface area contributed by atoms with Gasteiger partial charge in [0.2, 0.25) is 0 Å². The van der Waals surface area contributed by atoms with Gasteiger partial charge < -0.3 is 4.74 Å². The van der Waals surface area contributed by atoms with Gasteiger partial charge in [-0.2, -0.15) is 0 Å². The van der Waals surface area contributed by atoms with Crippen molar-refractivity contribution in [2.24, 2.45) is 0 Å². The summed E-state index contributed by atoms with van der Waals surface area (Å²) in [5.74, 6) is 0.271. The summed E-state index contributed by atoms with van der Waals surface area (Å²) < 4.78 is 19.6. The molecule has 104 valence electrons. The topological polar surface area (TPSA) is 9.23 Å². The lowest BCUT2D eigenvalue weighted by Gasteiger charge is -2.13. The van der Waals surface area contributed by atoms with Gasteiger partial charge in [0.15, 0.2) is 11.6 Å². The van der Waals surface area contributed by atoms with E-state index in [4.69, 9.17) is 4.74 Å². The molecule has 20 heavy (non-hydrogen) atoms. The van der Waals surface area contributed by atoms with E-state index in [9.17, 15) is 4.39 Å². The Balaban J connectivity index is 2.36. The third-order valence-corrected chi connectivity index (χ3v) is 3.24. The first-order valence-electron chi connectivity index (χ1n) is 6.73. The Morgan fingerprint density at radius 1 is 1.00 bits per heavy atom. The molecule has 0 saturated heterocycles. The van der Waals surface area contributed by atoms with E-state index in [2.05, 4.69) is 0 Å². The van der Waals surface area contributed by atoms with Crippen LogP contribution in [0.4, 0.5) is 4.39 Å². The molecule has 0 radical (unpaired) electrons. The lowest BCUT2D eigenvalue weighted by molar-refractivity contribution is 0.379. The minimum atomic E-state index is -0.300. The second kappa shape index (κ2) is 6.38. The molecule has 0 saturated carbocycles. The minimum absolute atomic E-state index is 0.228. The fourth-order valence-electron chi connectivity index (χ4n) is 2.13. The van der Waals surface area contributed by atoms with E-state index in [1.165, 1.54) is 7.11 Å². The van der Waals surface area contributed by atoms with Crippen molar-refractivity contribution in [1.82, 2.24) is 0 Å². The van der Waals surface area contributed by atoms with Gasteiger partial charge in [0.25, 0.3) is 0 Å². The van der Waals surface area contributed by atoms with Gasteiger partial charge in [-0.05, 0) is 17.0 Å². The van der Waals surface area contributed by atoms with E-state index >= 15 is 0 Å². The van der Waals surface area contributed by atoms with Crippen molar-refractivity contribution in [3.63, 3.8) is 0 Å². The van der Waals surface area contributed by atoms with Crippen LogP contribution < -0.4 is 4.74 Å². The van der Waals surface area contributed by atoms with E-state index in [1.54, 1.807) is 12.1 Å². The van der Waals surface area contributed by atoms with E-state index in [-0.39, 0.29) is 11.7 Å². The number of hydrogen-bond acceptors (Lipinski definition) is 1. The third kappa shape index (κ3) is 3.08. The van der Waals surface area contributed by atoms with Gasteiger partial charge in [0.1, 0.15) is 0 Å². The van der Waals surface area contributed by atoms with Gasteiger partial charge in [-0.3, -0.25) is 0 Å². The molecule has 2 aromatic rings. The van der Waals surface area contributed by atoms with Crippen LogP contribution in [0, 0.1) is 5.82 Å². The molecule has 0 N–H and O–H groups in total. The van der Waals surface area contributed by atoms with Gasteiger partial charge in [0, 0.05) is 5.56 Å². The summed E-state index contributed by atoms with van der Waals surface area (Å²) in [6, 6.07) is 13.6. The minimum Gasteiger partial charge on any atom is -0.493 e. The molecule has 2 rings (SSSR count). The summed E-state index contributed by atoms with van der Waals surface area (Å²) >= 11 is 0. The summed E-state index contributed by atoms with van der Waals surface area (Å²) in [7, 11) is 1.51. The number of benzene rings is 2. The zero-order valence-corrected chi connectivity index (χ0v) is 12.1. The van der Waals surface area contributed by atoms with Crippen LogP contribution in [0.5, 0.6) is 5.75 Å². The van der Waals surface area contributed by atoms with E-state index in [0.717, 1.165) is 11.1 Å². The number of ether oxygens (including phenoxy) is 1. The fourth-order valence-corrected chi connectivity index (χ4v) is 2.13. The van der Waals surface area contributed by atoms with Crippen LogP contribution in [-0.2, 0) is 0 Å². The van der Waals surface area contributed by atoms with Crippen LogP contribution in [0.25, 0.3) is 12.2 Å². The summed E-state index contributed by atoms with van der Waals surface area (Å²) in [4.78, 5) is 0. The number of hydrogen-bond donors (Lipinski definition) is 0. The van der Waals surface area contributed by atoms with Gasteiger partial charge in [-0.15, -0.1) is 0 Å². The SMILES string of the molecule is COc1c(C(C)C)ccc(/C=C/c2ccccc2)c1F. The molecule has 0 aliphatic carbocycles. The first-order chi connectivity index (χ1) is 9.63. The quantitative estimate of drug-likeness (QED) is 0.700. The van der Waals surface area contributed by atoms with E-state index in [0.29, 0.717) is 11.3 Å². The maximum Gasteiger partial charge on any atom is 0.172 e. The molecular formula is C18H19FO. The lowest BCUT2D eigenvalue weighted by Crippen LogP contribution is -1.99. The van der Waals surface area contributed by atoms with Crippen LogP contribution in [-0.4, -0.2) is 7.11 Å². The van der Waals surface area contributed by atoms with Crippen LogP contribution in [0.15, 0.2) is 42.5 Å². The van der Waals surface area contributed by atoms with Crippen LogP contribution in [0.1, 0.15) is 36.5 Å². The Kier molecular flexibility index (Phi) is 4.57. The summed E-state index contributed by atoms with van der Waals surface area (Å²) in [5, 5.41) is 0. The molecule has 0 unspecified atom stereocenters. The summed E-state index contributed by atoms with van der Waals surface area (Å²) in [6.45, 7) is 4.05. The van der Waals surface area contributed by atoms with Gasteiger partial charge >= 0.3 is 0 Å². The van der Waals surface area contributed by atoms with Crippen LogP contribution >= 0.6 is 0 Å². The lowest BCUT2D eigenvalue weighted by atomic mass is 9.99. The van der Waals surface area contributed by atoms with Crippen LogP contribution in [0.3, 0.4) is 0 Å². The molecule has 0 spiro atoms. The molecule has 0 aliphatic heterocycles. The van der Waals surface area contributed by atoms with E-state index < -0.39 is 0 Å². The van der Waals surface area contributed by atoms with Crippen molar-refractivity contribution >= 4 is 12.2 Å². The molecule has 2 aromatic carbocycles. The first-order valence-corrected chi connectivity index (χ1v) is 6.73. The normalized spacial score (nSPS) is 11.2. The standard InChI is InChI=1S/C18H19FO/c1-13(2)16-12-11-15(17(19)18(16)20-3)10-9-14-7-5-4-6-8-14/h4-13H,1-3H3/b10-9+. The highest BCUT2D eigenvalue weighted by Gasteiger charge is 2.14. The van der Waals surface area contributed by atoms with Crippen molar-refractivity contribution in [2.75, 3.05) is 7.11 Å². The molecule has 0 amide bonds. The maximum absolute atomic E-state index is 14.4. The predicted octanol–water partition coefficient (Wildman–Crippen LogP) is 5.13. The molecule has 0 aromatic heterocycles. The Bertz CT molecular complexity index is 600. The molecule has 0 atom stereocenters. The van der Waals surface area contributed by atoms with Gasteiger partial charge in [-0.1, -0.05) is 68.5 Å². The monoisotopic (exact) mass is 270 g/mol. The second-order valence-corrected chi connectivity index (χ2v) is 4.99. The van der Waals surface area contributed by atoms with Crippen molar-refractivity contribution in [3.8, 4) is 5.75 Å². The fraction of sp³-hybridized carbons (Fsp3) is 0.222. The highest BCUT2D eigenvalue weighted by atomic mass is 19.1. The highest BCUT2D eigenvalue weighted by Crippen LogP contribution is 2.31. The maximum atomic E-state index is 14.4. The Labute approximate surface area is 119 Å². The molecule has 2 heteroatoms. The largest absolute Gasteiger partial charge is 0.493 e. The molecule has 1 nitrogen and oxygen atoms in total. The van der Waals surface area contributed by atoms with Crippen molar-refractivity contribution < 1.29 is 9.13 Å². The Hall–Kier alpha value is -2.09. The number of methoxy groups -OCH3 is 1. The third-order valence-electron chi connectivity index (χ3n) is 3.24. The predicted molar refractivity (Wildman–Crippen MR) is 82.4 cm³/mol. The van der Waals surface area contributed by atoms with Crippen molar-refractivity contribution in [3.05, 3.63) is 65.0 Å². The molecular weight excluding hydrogens is 251 g/mol. The Morgan fingerprint density at radius 3 is 2.30 bits per heavy atom. The zero-order chi connectivity index (χ0) is 14.5. The molecule has 0 heterocycles. The molecule has 0 bridgehead atoms. The molecule has 0 aliphatic rings. The highest BCUT2D eigenvalue weighted by molar-refractivity contribution is 5.71. The smallest absolute Gasteiger partial charge is 0.172 e. The van der Waals surface area contributed by atoms with E-state index in [1.807, 2.05) is 56.3 Å². The van der Waals surface area contributed by atoms with Gasteiger partial charge in [-0.25, -0.2) is 4.39 Å². The Morgan fingerprint density at radius 2 is 1.70 bits per heavy atom. The molecule has 0 fully saturated rings. The summed E-state index contributed by atoms with van der Waals surface area (Å²) in [5.41, 5.74) is 2.47. The number of halogens is 1. The second-order valence-electron chi connectivity index (χ2n) is 4.99. The average Bonchev–Trinajstić information content (AvgIpc) is 2.46. The number of rotatable bonds is 4.